The van der Waals surface area contributed by atoms with Crippen LogP contribution < -0.4 is 4.90 Å². The largest absolute Gasteiger partial charge is 0.339 e. The molecule has 2 heterocycles. The van der Waals surface area contributed by atoms with E-state index in [4.69, 9.17) is 9.51 Å². The Hall–Kier alpha value is -3.13. The van der Waals surface area contributed by atoms with Crippen LogP contribution >= 0.6 is 11.3 Å². The first-order valence-corrected chi connectivity index (χ1v) is 16.9. The molecule has 0 N–H and O–H groups in total. The summed E-state index contributed by atoms with van der Waals surface area (Å²) in [5.41, 5.74) is 3.15. The van der Waals surface area contributed by atoms with Crippen molar-refractivity contribution >= 4 is 33.1 Å². The summed E-state index contributed by atoms with van der Waals surface area (Å²) >= 11 is 1.71. The van der Waals surface area contributed by atoms with Crippen LogP contribution in [-0.4, -0.2) is 33.2 Å². The van der Waals surface area contributed by atoms with Crippen molar-refractivity contribution in [3.63, 3.8) is 0 Å². The van der Waals surface area contributed by atoms with Crippen LogP contribution in [0.3, 0.4) is 0 Å². The molecular formula is C35H37FN4O2S. The standard InChI is InChI=1S/C35H37FN4O2S/c1-22-37-27-8-7-25(16-28(27)43-22)24-3-2-4-26(15-24)40(29(41)17-33-18-35(36,19-33)20-33)21-32-9-12-34(13-10-32,14-11-32)31-38-30(39-42-31)23-5-6-23/h2-4,7-8,15-16,23H,5-6,9-14,17-21H2,1H3. The lowest BCUT2D eigenvalue weighted by atomic mass is 9.41. The van der Waals surface area contributed by atoms with Crippen LogP contribution in [0.25, 0.3) is 21.3 Å². The maximum Gasteiger partial charge on any atom is 0.232 e. The van der Waals surface area contributed by atoms with Gasteiger partial charge in [0.25, 0.3) is 0 Å². The molecule has 0 saturated heterocycles. The molecule has 0 unspecified atom stereocenters. The topological polar surface area (TPSA) is 72.1 Å². The van der Waals surface area contributed by atoms with Gasteiger partial charge in [-0.05, 0) is 124 Å². The molecule has 11 rings (SSSR count). The van der Waals surface area contributed by atoms with E-state index in [0.29, 0.717) is 38.1 Å². The summed E-state index contributed by atoms with van der Waals surface area (Å²) in [5, 5.41) is 5.39. The van der Waals surface area contributed by atoms with Crippen molar-refractivity contribution in [3.05, 3.63) is 59.2 Å². The van der Waals surface area contributed by atoms with Crippen molar-refractivity contribution in [2.75, 3.05) is 11.4 Å². The Morgan fingerprint density at radius 2 is 1.72 bits per heavy atom. The zero-order valence-corrected chi connectivity index (χ0v) is 25.5. The Labute approximate surface area is 255 Å². The molecule has 7 aliphatic rings. The lowest BCUT2D eigenvalue weighted by Gasteiger charge is -2.66. The zero-order chi connectivity index (χ0) is 29.0. The number of aromatic nitrogens is 3. The van der Waals surface area contributed by atoms with E-state index in [1.165, 1.54) is 17.5 Å². The van der Waals surface area contributed by atoms with Crippen molar-refractivity contribution < 1.29 is 13.7 Å². The van der Waals surface area contributed by atoms with Crippen LogP contribution in [0.4, 0.5) is 10.1 Å². The highest BCUT2D eigenvalue weighted by Crippen LogP contribution is 2.71. The third kappa shape index (κ3) is 4.30. The summed E-state index contributed by atoms with van der Waals surface area (Å²) < 4.78 is 21.4. The molecular weight excluding hydrogens is 559 g/mol. The second-order valence-electron chi connectivity index (χ2n) is 14.8. The molecule has 6 nitrogen and oxygen atoms in total. The minimum Gasteiger partial charge on any atom is -0.339 e. The predicted molar refractivity (Wildman–Crippen MR) is 165 cm³/mol. The van der Waals surface area contributed by atoms with Gasteiger partial charge in [0.1, 0.15) is 5.67 Å². The number of carbonyl (C=O) groups excluding carboxylic acids is 1. The molecule has 0 atom stereocenters. The van der Waals surface area contributed by atoms with Gasteiger partial charge in [-0.1, -0.05) is 23.4 Å². The number of alkyl halides is 1. The Balaban J connectivity index is 0.999. The van der Waals surface area contributed by atoms with Gasteiger partial charge < -0.3 is 9.42 Å². The maximum absolute atomic E-state index is 14.4. The van der Waals surface area contributed by atoms with Crippen molar-refractivity contribution in [1.29, 1.82) is 0 Å². The van der Waals surface area contributed by atoms with Crippen LogP contribution in [0.5, 0.6) is 0 Å². The molecule has 4 aromatic rings. The molecule has 2 aromatic heterocycles. The van der Waals surface area contributed by atoms with Crippen LogP contribution in [0.15, 0.2) is 47.0 Å². The minimum absolute atomic E-state index is 0.00836. The molecule has 222 valence electrons. The molecule has 43 heavy (non-hydrogen) atoms. The number of anilines is 1. The maximum atomic E-state index is 14.4. The summed E-state index contributed by atoms with van der Waals surface area (Å²) in [5.74, 6) is 2.39. The summed E-state index contributed by atoms with van der Waals surface area (Å²) in [6.07, 6.45) is 10.7. The number of hydrogen-bond acceptors (Lipinski definition) is 6. The summed E-state index contributed by atoms with van der Waals surface area (Å²) in [6.45, 7) is 2.75. The van der Waals surface area contributed by atoms with E-state index in [1.54, 1.807) is 11.3 Å². The molecule has 2 aromatic carbocycles. The monoisotopic (exact) mass is 596 g/mol. The van der Waals surface area contributed by atoms with Gasteiger partial charge >= 0.3 is 0 Å². The first kappa shape index (κ1) is 26.3. The first-order chi connectivity index (χ1) is 20.7. The Bertz CT molecular complexity index is 1730. The molecule has 7 fully saturated rings. The van der Waals surface area contributed by atoms with Gasteiger partial charge in [0.05, 0.1) is 15.2 Å². The van der Waals surface area contributed by atoms with Gasteiger partial charge in [0, 0.05) is 30.0 Å². The lowest BCUT2D eigenvalue weighted by molar-refractivity contribution is -0.215. The summed E-state index contributed by atoms with van der Waals surface area (Å²) in [4.78, 5) is 25.7. The molecule has 7 aliphatic carbocycles. The quantitative estimate of drug-likeness (QED) is 0.204. The lowest BCUT2D eigenvalue weighted by Crippen LogP contribution is -2.65. The number of thiazole rings is 1. The molecule has 0 radical (unpaired) electrons. The van der Waals surface area contributed by atoms with E-state index in [-0.39, 0.29) is 22.2 Å². The third-order valence-electron chi connectivity index (χ3n) is 11.6. The number of benzene rings is 2. The number of nitrogens with zero attached hydrogens (tertiary/aromatic N) is 4. The highest BCUT2D eigenvalue weighted by molar-refractivity contribution is 7.18. The van der Waals surface area contributed by atoms with Crippen molar-refractivity contribution in [1.82, 2.24) is 15.1 Å². The average molecular weight is 597 g/mol. The normalized spacial score (nSPS) is 32.4. The van der Waals surface area contributed by atoms with Gasteiger partial charge in [-0.25, -0.2) is 9.37 Å². The second-order valence-corrected chi connectivity index (χ2v) is 16.1. The molecule has 4 bridgehead atoms. The van der Waals surface area contributed by atoms with E-state index in [0.717, 1.165) is 77.6 Å². The smallest absolute Gasteiger partial charge is 0.232 e. The zero-order valence-electron chi connectivity index (χ0n) is 24.7. The fourth-order valence-corrected chi connectivity index (χ4v) is 9.84. The van der Waals surface area contributed by atoms with Gasteiger partial charge in [-0.15, -0.1) is 11.3 Å². The van der Waals surface area contributed by atoms with Crippen LogP contribution in [0.1, 0.15) is 99.7 Å². The van der Waals surface area contributed by atoms with Crippen LogP contribution in [0.2, 0.25) is 0 Å². The second kappa shape index (κ2) is 8.96. The fourth-order valence-electron chi connectivity index (χ4n) is 8.98. The van der Waals surface area contributed by atoms with E-state index >= 15 is 0 Å². The number of aryl methyl sites for hydroxylation is 1. The highest BCUT2D eigenvalue weighted by Gasteiger charge is 2.69. The number of hydrogen-bond donors (Lipinski definition) is 0. The SMILES string of the molecule is Cc1nc2ccc(-c3cccc(N(CC45CCC(c6nc(C7CC7)no6)(CC4)CC5)C(=O)CC45CC(F)(C4)C5)c3)cc2s1. The van der Waals surface area contributed by atoms with Crippen molar-refractivity contribution in [2.24, 2.45) is 10.8 Å². The molecule has 0 spiro atoms. The number of amides is 1. The average Bonchev–Trinajstić information content (AvgIpc) is 3.58. The number of rotatable bonds is 8. The van der Waals surface area contributed by atoms with E-state index < -0.39 is 5.67 Å². The van der Waals surface area contributed by atoms with Crippen molar-refractivity contribution in [3.8, 4) is 11.1 Å². The molecule has 1 amide bonds. The highest BCUT2D eigenvalue weighted by atomic mass is 32.1. The first-order valence-electron chi connectivity index (χ1n) is 16.0. The summed E-state index contributed by atoms with van der Waals surface area (Å²) in [7, 11) is 0. The van der Waals surface area contributed by atoms with Gasteiger partial charge in [-0.2, -0.15) is 4.98 Å². The molecule has 7 saturated carbocycles. The Morgan fingerprint density at radius 1 is 0.977 bits per heavy atom. The Kier molecular flexibility index (Phi) is 5.48. The fraction of sp³-hybridized carbons (Fsp3) is 0.543. The van der Waals surface area contributed by atoms with Gasteiger partial charge in [0.2, 0.25) is 11.8 Å². The molecule has 8 heteroatoms. The van der Waals surface area contributed by atoms with Gasteiger partial charge in [-0.3, -0.25) is 4.79 Å². The van der Waals surface area contributed by atoms with E-state index in [1.807, 2.05) is 6.92 Å². The Morgan fingerprint density at radius 3 is 2.44 bits per heavy atom. The minimum atomic E-state index is -0.998. The van der Waals surface area contributed by atoms with E-state index in [2.05, 4.69) is 57.5 Å². The van der Waals surface area contributed by atoms with E-state index in [9.17, 15) is 9.18 Å². The van der Waals surface area contributed by atoms with Crippen LogP contribution in [-0.2, 0) is 10.2 Å². The predicted octanol–water partition coefficient (Wildman–Crippen LogP) is 8.44. The number of carbonyl (C=O) groups is 1. The van der Waals surface area contributed by atoms with Gasteiger partial charge in [0.15, 0.2) is 5.82 Å². The third-order valence-corrected chi connectivity index (χ3v) is 12.6. The number of fused-ring (bicyclic) bond motifs is 4. The molecule has 0 aliphatic heterocycles. The summed E-state index contributed by atoms with van der Waals surface area (Å²) in [6, 6.07) is 14.9. The van der Waals surface area contributed by atoms with Crippen molar-refractivity contribution in [2.45, 2.75) is 101 Å². The number of halogens is 1. The van der Waals surface area contributed by atoms with Crippen LogP contribution in [0, 0.1) is 17.8 Å².